The van der Waals surface area contributed by atoms with Gasteiger partial charge >= 0.3 is 17.1 Å². The molecule has 1 fully saturated rings. The monoisotopic (exact) mass is 235 g/mol. The first kappa shape index (κ1) is 14.9. The van der Waals surface area contributed by atoms with Crippen molar-refractivity contribution in [1.29, 1.82) is 0 Å². The van der Waals surface area contributed by atoms with Crippen molar-refractivity contribution in [1.82, 2.24) is 0 Å². The standard InChI is InChI=1S/C6H12.Mn.H2O4S/c1-2-4-6-5-3-1;;1-5(2,3)4/h1-6H2;;(H2,1,2,3,4)/q;+2;/p-2. The first-order chi connectivity index (χ1) is 5.00. The molecule has 0 aromatic carbocycles. The van der Waals surface area contributed by atoms with E-state index in [-0.39, 0.29) is 17.1 Å². The van der Waals surface area contributed by atoms with Gasteiger partial charge in [-0.3, -0.25) is 8.42 Å². The molecule has 0 heterocycles. The van der Waals surface area contributed by atoms with Crippen LogP contribution in [0.2, 0.25) is 0 Å². The summed E-state index contributed by atoms with van der Waals surface area (Å²) >= 11 is 0. The van der Waals surface area contributed by atoms with Crippen molar-refractivity contribution in [3.05, 3.63) is 0 Å². The first-order valence-corrected chi connectivity index (χ1v) is 5.00. The van der Waals surface area contributed by atoms with E-state index in [1.807, 2.05) is 0 Å². The van der Waals surface area contributed by atoms with E-state index < -0.39 is 10.4 Å². The van der Waals surface area contributed by atoms with Crippen LogP contribution in [-0.4, -0.2) is 17.5 Å². The first-order valence-electron chi connectivity index (χ1n) is 3.67. The molecule has 12 heavy (non-hydrogen) atoms. The molecule has 0 aromatic rings. The Balaban J connectivity index is 0. The van der Waals surface area contributed by atoms with E-state index >= 15 is 0 Å². The van der Waals surface area contributed by atoms with Gasteiger partial charge in [-0.2, -0.15) is 0 Å². The molecule has 4 nitrogen and oxygen atoms in total. The Hall–Kier alpha value is 0.389. The average molecular weight is 235 g/mol. The number of rotatable bonds is 0. The maximum absolute atomic E-state index is 8.52. The summed E-state index contributed by atoms with van der Waals surface area (Å²) in [5, 5.41) is 0. The molecule has 0 N–H and O–H groups in total. The molecule has 0 saturated heterocycles. The maximum atomic E-state index is 8.52. The Bertz CT molecular complexity index is 154. The zero-order valence-electron chi connectivity index (χ0n) is 6.66. The topological polar surface area (TPSA) is 80.3 Å². The van der Waals surface area contributed by atoms with E-state index in [9.17, 15) is 0 Å². The summed E-state index contributed by atoms with van der Waals surface area (Å²) in [6.45, 7) is 0. The van der Waals surface area contributed by atoms with Crippen LogP contribution >= 0.6 is 0 Å². The predicted molar refractivity (Wildman–Crippen MR) is 38.2 cm³/mol. The van der Waals surface area contributed by atoms with Crippen LogP contribution in [-0.2, 0) is 27.5 Å². The summed E-state index contributed by atoms with van der Waals surface area (Å²) < 4.78 is 34.1. The molecule has 1 radical (unpaired) electrons. The maximum Gasteiger partial charge on any atom is 2.00 e. The zero-order valence-corrected chi connectivity index (χ0v) is 8.66. The van der Waals surface area contributed by atoms with Crippen LogP contribution < -0.4 is 0 Å². The molecular weight excluding hydrogens is 223 g/mol. The van der Waals surface area contributed by atoms with Gasteiger partial charge in [0.1, 0.15) is 0 Å². The van der Waals surface area contributed by atoms with E-state index in [2.05, 4.69) is 0 Å². The Morgan fingerprint density at radius 2 is 0.833 bits per heavy atom. The third kappa shape index (κ3) is 22.4. The third-order valence-electron chi connectivity index (χ3n) is 1.50. The van der Waals surface area contributed by atoms with Crippen molar-refractivity contribution < 1.29 is 34.6 Å². The van der Waals surface area contributed by atoms with Gasteiger partial charge in [-0.1, -0.05) is 38.5 Å². The molecule has 1 aliphatic rings. The van der Waals surface area contributed by atoms with Gasteiger partial charge in [0.25, 0.3) is 0 Å². The van der Waals surface area contributed by atoms with E-state index in [1.165, 1.54) is 38.5 Å². The van der Waals surface area contributed by atoms with E-state index in [1.54, 1.807) is 0 Å². The molecule has 1 aliphatic carbocycles. The van der Waals surface area contributed by atoms with E-state index in [4.69, 9.17) is 17.5 Å². The molecule has 0 bridgehead atoms. The second-order valence-corrected chi connectivity index (χ2v) is 3.35. The van der Waals surface area contributed by atoms with Gasteiger partial charge in [0.15, 0.2) is 0 Å². The average Bonchev–Trinajstić information content (AvgIpc) is 1.88. The summed E-state index contributed by atoms with van der Waals surface area (Å²) in [6.07, 6.45) is 9.00. The SMILES string of the molecule is C1CCCCC1.O=S(=O)([O-])[O-].[Mn+2]. The summed E-state index contributed by atoms with van der Waals surface area (Å²) in [5.41, 5.74) is 0. The fraction of sp³-hybridized carbons (Fsp3) is 1.00. The Morgan fingerprint density at radius 1 is 0.750 bits per heavy atom. The Kier molecular flexibility index (Phi) is 9.94. The fourth-order valence-electron chi connectivity index (χ4n) is 1.06. The van der Waals surface area contributed by atoms with Crippen LogP contribution in [0.1, 0.15) is 38.5 Å². The van der Waals surface area contributed by atoms with Crippen molar-refractivity contribution in [3.8, 4) is 0 Å². The van der Waals surface area contributed by atoms with Crippen LogP contribution in [0.15, 0.2) is 0 Å². The summed E-state index contributed by atoms with van der Waals surface area (Å²) in [4.78, 5) is 0. The van der Waals surface area contributed by atoms with Gasteiger partial charge in [0.05, 0.1) is 0 Å². The Labute approximate surface area is 83.8 Å². The second kappa shape index (κ2) is 8.01. The van der Waals surface area contributed by atoms with Crippen molar-refractivity contribution in [2.24, 2.45) is 0 Å². The molecule has 0 unspecified atom stereocenters. The molecule has 0 aliphatic heterocycles. The van der Waals surface area contributed by atoms with Crippen LogP contribution in [0.3, 0.4) is 0 Å². The number of hydrogen-bond acceptors (Lipinski definition) is 4. The minimum Gasteiger partial charge on any atom is -0.759 e. The fourth-order valence-corrected chi connectivity index (χ4v) is 1.06. The van der Waals surface area contributed by atoms with Crippen LogP contribution in [0.25, 0.3) is 0 Å². The smallest absolute Gasteiger partial charge is 0.759 e. The van der Waals surface area contributed by atoms with E-state index in [0.717, 1.165) is 0 Å². The second-order valence-electron chi connectivity index (χ2n) is 2.53. The van der Waals surface area contributed by atoms with Crippen molar-refractivity contribution in [3.63, 3.8) is 0 Å². The van der Waals surface area contributed by atoms with Crippen molar-refractivity contribution in [2.45, 2.75) is 38.5 Å². The molecule has 0 spiro atoms. The largest absolute Gasteiger partial charge is 2.00 e. The van der Waals surface area contributed by atoms with Gasteiger partial charge < -0.3 is 9.11 Å². The molecule has 1 rings (SSSR count). The van der Waals surface area contributed by atoms with E-state index in [0.29, 0.717) is 0 Å². The minimum absolute atomic E-state index is 0. The predicted octanol–water partition coefficient (Wildman–Crippen LogP) is 1.00. The molecule has 0 amide bonds. The molecular formula is C6H12MnO4S. The van der Waals surface area contributed by atoms with Gasteiger partial charge in [0.2, 0.25) is 0 Å². The summed E-state index contributed by atoms with van der Waals surface area (Å²) in [7, 11) is -5.17. The Morgan fingerprint density at radius 3 is 0.917 bits per heavy atom. The quantitative estimate of drug-likeness (QED) is 0.356. The summed E-state index contributed by atoms with van der Waals surface area (Å²) in [5.74, 6) is 0. The normalized spacial score (nSPS) is 16.8. The third-order valence-corrected chi connectivity index (χ3v) is 1.50. The van der Waals surface area contributed by atoms with Gasteiger partial charge in [0, 0.05) is 10.4 Å². The summed E-state index contributed by atoms with van der Waals surface area (Å²) in [6, 6.07) is 0. The van der Waals surface area contributed by atoms with Crippen LogP contribution in [0.5, 0.6) is 0 Å². The van der Waals surface area contributed by atoms with Crippen LogP contribution in [0.4, 0.5) is 0 Å². The zero-order chi connectivity index (χ0) is 8.74. The number of hydrogen-bond donors (Lipinski definition) is 0. The van der Waals surface area contributed by atoms with Gasteiger partial charge in [-0.25, -0.2) is 0 Å². The molecule has 1 saturated carbocycles. The van der Waals surface area contributed by atoms with Crippen molar-refractivity contribution in [2.75, 3.05) is 0 Å². The van der Waals surface area contributed by atoms with Crippen LogP contribution in [0, 0.1) is 0 Å². The molecule has 73 valence electrons. The molecule has 0 aromatic heterocycles. The molecule has 6 heteroatoms. The van der Waals surface area contributed by atoms with Crippen molar-refractivity contribution >= 4 is 10.4 Å². The molecule has 0 atom stereocenters. The van der Waals surface area contributed by atoms with Gasteiger partial charge in [-0.05, 0) is 0 Å². The van der Waals surface area contributed by atoms with Gasteiger partial charge in [-0.15, -0.1) is 0 Å². The minimum atomic E-state index is -5.17.